The third-order valence-electron chi connectivity index (χ3n) is 2.78. The molecule has 0 atom stereocenters. The van der Waals surface area contributed by atoms with Crippen LogP contribution in [0.5, 0.6) is 0 Å². The van der Waals surface area contributed by atoms with Crippen molar-refractivity contribution in [2.45, 2.75) is 46.1 Å². The topological polar surface area (TPSA) is 34.1 Å². The molecule has 0 radical (unpaired) electrons. The van der Waals surface area contributed by atoms with Gasteiger partial charge in [0.05, 0.1) is 23.4 Å². The highest BCUT2D eigenvalue weighted by molar-refractivity contribution is 7.07. The molecule has 4 heteroatoms. The molecule has 0 saturated heterocycles. The van der Waals surface area contributed by atoms with Crippen molar-refractivity contribution in [1.29, 1.82) is 0 Å². The van der Waals surface area contributed by atoms with Crippen LogP contribution in [-0.2, 0) is 24.4 Å². The lowest BCUT2D eigenvalue weighted by molar-refractivity contribution is -0.0149. The first kappa shape index (κ1) is 15.2. The molecule has 1 heterocycles. The highest BCUT2D eigenvalue weighted by atomic mass is 32.1. The van der Waals surface area contributed by atoms with Crippen LogP contribution in [0, 0.1) is 0 Å². The Bertz CT molecular complexity index is 518. The number of hydrogen-bond donors (Lipinski definition) is 1. The van der Waals surface area contributed by atoms with Crippen molar-refractivity contribution < 1.29 is 4.74 Å². The Morgan fingerprint density at radius 2 is 2.00 bits per heavy atom. The molecule has 1 aromatic heterocycles. The summed E-state index contributed by atoms with van der Waals surface area (Å²) in [6.45, 7) is 8.54. The van der Waals surface area contributed by atoms with Gasteiger partial charge in [0.15, 0.2) is 0 Å². The Labute approximate surface area is 125 Å². The van der Waals surface area contributed by atoms with E-state index in [1.807, 2.05) is 5.51 Å². The van der Waals surface area contributed by atoms with Crippen molar-refractivity contribution >= 4 is 11.3 Å². The Morgan fingerprint density at radius 1 is 1.20 bits per heavy atom. The summed E-state index contributed by atoms with van der Waals surface area (Å²) in [6.07, 6.45) is 0. The zero-order valence-electron chi connectivity index (χ0n) is 12.3. The number of benzene rings is 1. The molecule has 0 fully saturated rings. The van der Waals surface area contributed by atoms with Crippen LogP contribution in [0.1, 0.15) is 37.6 Å². The molecule has 2 aromatic rings. The molecule has 0 spiro atoms. The number of hydrogen-bond acceptors (Lipinski definition) is 4. The van der Waals surface area contributed by atoms with Crippen LogP contribution in [0.4, 0.5) is 0 Å². The molecule has 0 amide bonds. The van der Waals surface area contributed by atoms with Gasteiger partial charge in [-0.2, -0.15) is 0 Å². The number of thiazole rings is 1. The fraction of sp³-hybridized carbons (Fsp3) is 0.438. The van der Waals surface area contributed by atoms with Gasteiger partial charge >= 0.3 is 0 Å². The predicted octanol–water partition coefficient (Wildman–Crippen LogP) is 3.75. The first-order valence-corrected chi connectivity index (χ1v) is 7.77. The normalized spacial score (nSPS) is 11.8. The minimum absolute atomic E-state index is 0.0983. The predicted molar refractivity (Wildman–Crippen MR) is 83.6 cm³/mol. The molecule has 0 unspecified atom stereocenters. The lowest BCUT2D eigenvalue weighted by Crippen LogP contribution is -2.18. The number of nitrogens with one attached hydrogen (secondary N) is 1. The highest BCUT2D eigenvalue weighted by Crippen LogP contribution is 2.13. The van der Waals surface area contributed by atoms with E-state index in [1.165, 1.54) is 11.1 Å². The summed E-state index contributed by atoms with van der Waals surface area (Å²) in [6, 6.07) is 8.52. The first-order chi connectivity index (χ1) is 9.53. The van der Waals surface area contributed by atoms with Gasteiger partial charge in [0.2, 0.25) is 0 Å². The van der Waals surface area contributed by atoms with Crippen LogP contribution >= 0.6 is 11.3 Å². The first-order valence-electron chi connectivity index (χ1n) is 6.82. The molecule has 3 nitrogen and oxygen atoms in total. The SMILES string of the molecule is CC(C)(C)OCc1cccc(CNCc2cscn2)c1. The summed E-state index contributed by atoms with van der Waals surface area (Å²) < 4.78 is 5.80. The maximum Gasteiger partial charge on any atom is 0.0795 e. The lowest BCUT2D eigenvalue weighted by Gasteiger charge is -2.19. The number of nitrogens with zero attached hydrogens (tertiary/aromatic N) is 1. The van der Waals surface area contributed by atoms with Gasteiger partial charge in [-0.3, -0.25) is 0 Å². The molecule has 0 saturated carbocycles. The van der Waals surface area contributed by atoms with Gasteiger partial charge in [-0.1, -0.05) is 24.3 Å². The summed E-state index contributed by atoms with van der Waals surface area (Å²) in [7, 11) is 0. The molecule has 0 aliphatic carbocycles. The number of ether oxygens (including phenoxy) is 1. The summed E-state index contributed by atoms with van der Waals surface area (Å²) >= 11 is 1.63. The third kappa shape index (κ3) is 5.41. The van der Waals surface area contributed by atoms with Gasteiger partial charge in [0.25, 0.3) is 0 Å². The fourth-order valence-corrected chi connectivity index (χ4v) is 2.35. The maximum atomic E-state index is 5.80. The summed E-state index contributed by atoms with van der Waals surface area (Å²) in [5.74, 6) is 0. The standard InChI is InChI=1S/C16H22N2OS/c1-16(2,3)19-10-14-6-4-5-13(7-14)8-17-9-15-11-20-12-18-15/h4-7,11-12,17H,8-10H2,1-3H3. The minimum atomic E-state index is -0.0983. The van der Waals surface area contributed by atoms with Crippen molar-refractivity contribution in [3.63, 3.8) is 0 Å². The highest BCUT2D eigenvalue weighted by Gasteiger charge is 2.10. The average Bonchev–Trinajstić information content (AvgIpc) is 2.89. The van der Waals surface area contributed by atoms with Crippen LogP contribution < -0.4 is 5.32 Å². The molecule has 0 aliphatic heterocycles. The molecule has 2 rings (SSSR count). The van der Waals surface area contributed by atoms with E-state index in [1.54, 1.807) is 11.3 Å². The molecule has 0 aliphatic rings. The van der Waals surface area contributed by atoms with Gasteiger partial charge in [0.1, 0.15) is 0 Å². The zero-order chi connectivity index (χ0) is 14.4. The van der Waals surface area contributed by atoms with Crippen LogP contribution in [-0.4, -0.2) is 10.6 Å². The quantitative estimate of drug-likeness (QED) is 0.880. The maximum absolute atomic E-state index is 5.80. The molecule has 1 aromatic carbocycles. The summed E-state index contributed by atoms with van der Waals surface area (Å²) in [5.41, 5.74) is 5.35. The zero-order valence-corrected chi connectivity index (χ0v) is 13.2. The van der Waals surface area contributed by atoms with E-state index in [0.717, 1.165) is 18.8 Å². The summed E-state index contributed by atoms with van der Waals surface area (Å²) in [4.78, 5) is 4.26. The second kappa shape index (κ2) is 6.97. The Hall–Kier alpha value is -1.23. The monoisotopic (exact) mass is 290 g/mol. The van der Waals surface area contributed by atoms with Gasteiger partial charge in [-0.15, -0.1) is 11.3 Å². The molecular weight excluding hydrogens is 268 g/mol. The Balaban J connectivity index is 1.83. The van der Waals surface area contributed by atoms with E-state index in [9.17, 15) is 0 Å². The van der Waals surface area contributed by atoms with E-state index in [2.05, 4.69) is 60.7 Å². The Morgan fingerprint density at radius 3 is 2.70 bits per heavy atom. The van der Waals surface area contributed by atoms with Crippen molar-refractivity contribution in [1.82, 2.24) is 10.3 Å². The van der Waals surface area contributed by atoms with Gasteiger partial charge in [0, 0.05) is 18.5 Å². The fourth-order valence-electron chi connectivity index (χ4n) is 1.79. The van der Waals surface area contributed by atoms with Crippen molar-refractivity contribution in [2.24, 2.45) is 0 Å². The van der Waals surface area contributed by atoms with Crippen molar-refractivity contribution in [3.8, 4) is 0 Å². The van der Waals surface area contributed by atoms with Crippen LogP contribution in [0.25, 0.3) is 0 Å². The average molecular weight is 290 g/mol. The van der Waals surface area contributed by atoms with Crippen LogP contribution in [0.15, 0.2) is 35.2 Å². The third-order valence-corrected chi connectivity index (χ3v) is 3.42. The van der Waals surface area contributed by atoms with Crippen LogP contribution in [0.2, 0.25) is 0 Å². The summed E-state index contributed by atoms with van der Waals surface area (Å²) in [5, 5.41) is 5.48. The number of aromatic nitrogens is 1. The minimum Gasteiger partial charge on any atom is -0.371 e. The van der Waals surface area contributed by atoms with E-state index >= 15 is 0 Å². The van der Waals surface area contributed by atoms with E-state index in [-0.39, 0.29) is 5.60 Å². The van der Waals surface area contributed by atoms with Gasteiger partial charge in [-0.05, 0) is 31.9 Å². The van der Waals surface area contributed by atoms with E-state index in [0.29, 0.717) is 6.61 Å². The van der Waals surface area contributed by atoms with E-state index < -0.39 is 0 Å². The van der Waals surface area contributed by atoms with Gasteiger partial charge < -0.3 is 10.1 Å². The number of rotatable bonds is 6. The Kier molecular flexibility index (Phi) is 5.29. The van der Waals surface area contributed by atoms with Crippen molar-refractivity contribution in [3.05, 3.63) is 52.0 Å². The van der Waals surface area contributed by atoms with Crippen molar-refractivity contribution in [2.75, 3.05) is 0 Å². The largest absolute Gasteiger partial charge is 0.371 e. The molecule has 20 heavy (non-hydrogen) atoms. The molecule has 1 N–H and O–H groups in total. The smallest absolute Gasteiger partial charge is 0.0795 e. The second-order valence-electron chi connectivity index (χ2n) is 5.80. The van der Waals surface area contributed by atoms with Crippen LogP contribution in [0.3, 0.4) is 0 Å². The lowest BCUT2D eigenvalue weighted by atomic mass is 10.1. The van der Waals surface area contributed by atoms with E-state index in [4.69, 9.17) is 4.74 Å². The molecule has 0 bridgehead atoms. The second-order valence-corrected chi connectivity index (χ2v) is 6.52. The molecular formula is C16H22N2OS. The van der Waals surface area contributed by atoms with Gasteiger partial charge in [-0.25, -0.2) is 4.98 Å². The molecule has 108 valence electrons.